The van der Waals surface area contributed by atoms with Crippen LogP contribution in [0.15, 0.2) is 0 Å². The van der Waals surface area contributed by atoms with Crippen molar-refractivity contribution in [1.29, 1.82) is 0 Å². The first-order chi connectivity index (χ1) is 10.4. The maximum absolute atomic E-state index is 8.62. The summed E-state index contributed by atoms with van der Waals surface area (Å²) in [5.41, 5.74) is 0. The van der Waals surface area contributed by atoms with Crippen LogP contribution in [0.4, 0.5) is 0 Å². The van der Waals surface area contributed by atoms with Crippen molar-refractivity contribution < 1.29 is 173 Å². The van der Waals surface area contributed by atoms with Gasteiger partial charge in [0.15, 0.2) is 0 Å². The molecule has 0 aliphatic heterocycles. The third-order valence-electron chi connectivity index (χ3n) is 0. The van der Waals surface area contributed by atoms with Gasteiger partial charge >= 0.3 is 251 Å². The molecule has 0 spiro atoms. The van der Waals surface area contributed by atoms with Crippen LogP contribution in [-0.4, -0.2) is 77.7 Å². The Labute approximate surface area is 245 Å². The minimum atomic E-state index is -4.34. The van der Waals surface area contributed by atoms with E-state index < -0.39 is 113 Å². The molecule has 0 atom stereocenters. The molecule has 0 N–H and O–H groups in total. The Morgan fingerprint density at radius 3 is 0.444 bits per heavy atom. The first kappa shape index (κ1) is 57.8. The third-order valence-corrected chi connectivity index (χ3v) is 0. The van der Waals surface area contributed by atoms with Crippen LogP contribution < -0.4 is 21.7 Å². The summed E-state index contributed by atoms with van der Waals surface area (Å²) in [6.45, 7) is 0. The van der Waals surface area contributed by atoms with E-state index in [9.17, 15) is 0 Å². The fraction of sp³-hybridized carbons (Fsp3) is 0. The minimum absolute atomic E-state index is 0. The van der Waals surface area contributed by atoms with Crippen LogP contribution in [0.1, 0.15) is 0 Å². The molecular weight excluding hydrogens is 1640 g/mol. The first-order valence-corrected chi connectivity index (χ1v) is 24.4. The molecule has 0 aromatic carbocycles. The van der Waals surface area contributed by atoms with E-state index in [1.807, 2.05) is 0 Å². The molecule has 18 nitrogen and oxygen atoms in total. The van der Waals surface area contributed by atoms with E-state index in [1.54, 1.807) is 0 Å². The third kappa shape index (κ3) is 1260. The van der Waals surface area contributed by atoms with Crippen molar-refractivity contribution in [1.82, 2.24) is 0 Å². The summed E-state index contributed by atoms with van der Waals surface area (Å²) in [7, 11) is 0. The standard InChI is InChI=1S/Mg.2Nb.18O.2Pb.4Ta/q+2;;;;;;;;;;;;;;;6*-1;2*+2;;;;. The zero-order chi connectivity index (χ0) is 21.5. The van der Waals surface area contributed by atoms with E-state index in [-0.39, 0.29) is 77.7 Å². The minimum Gasteiger partial charge on any atom is 2.00 e. The van der Waals surface area contributed by atoms with Crippen LogP contribution in [0.2, 0.25) is 0 Å². The molecule has 0 amide bonds. The maximum Gasteiger partial charge on any atom is 2.00 e. The van der Waals surface area contributed by atoms with E-state index >= 15 is 0 Å². The average molecular weight is 1640 g/mol. The summed E-state index contributed by atoms with van der Waals surface area (Å²) in [5, 5.41) is 0. The van der Waals surface area contributed by atoms with Gasteiger partial charge in [0.1, 0.15) is 0 Å². The van der Waals surface area contributed by atoms with Gasteiger partial charge in [-0.3, -0.25) is 0 Å². The van der Waals surface area contributed by atoms with Crippen molar-refractivity contribution in [3.05, 3.63) is 0 Å². The van der Waals surface area contributed by atoms with E-state index in [2.05, 4.69) is 0 Å². The fourth-order valence-electron chi connectivity index (χ4n) is 0. The summed E-state index contributed by atoms with van der Waals surface area (Å²) in [5.74, 6) is 0. The normalized spacial score (nSPS) is 5.56. The van der Waals surface area contributed by atoms with Crippen LogP contribution in [0, 0.1) is 0 Å². The van der Waals surface area contributed by atoms with Crippen LogP contribution in [0.3, 0.4) is 0 Å². The van der Waals surface area contributed by atoms with Gasteiger partial charge in [-0.2, -0.15) is 0 Å². The molecule has 0 saturated carbocycles. The van der Waals surface area contributed by atoms with Crippen molar-refractivity contribution in [3.63, 3.8) is 0 Å². The Morgan fingerprint density at radius 2 is 0.444 bits per heavy atom. The second-order valence-corrected chi connectivity index (χ2v) is 9.97. The molecule has 0 aromatic heterocycles. The predicted molar refractivity (Wildman–Crippen MR) is 25.5 cm³/mol. The van der Waals surface area contributed by atoms with Gasteiger partial charge in [-0.1, -0.05) is 0 Å². The van der Waals surface area contributed by atoms with E-state index in [0.29, 0.717) is 0 Å². The van der Waals surface area contributed by atoms with E-state index in [0.717, 1.165) is 0 Å². The average Bonchev–Trinajstić information content (AvgIpc) is 2.08. The van der Waals surface area contributed by atoms with Crippen molar-refractivity contribution in [2.24, 2.45) is 0 Å². The fourth-order valence-corrected chi connectivity index (χ4v) is 0. The monoisotopic (exact) mass is 1640 g/mol. The molecule has 0 fully saturated rings. The van der Waals surface area contributed by atoms with Crippen molar-refractivity contribution >= 4 is 77.7 Å². The zero-order valence-electron chi connectivity index (χ0n) is 11.7. The van der Waals surface area contributed by atoms with Crippen LogP contribution in [-0.2, 0) is 152 Å². The predicted octanol–water partition coefficient (Wildman–Crippen LogP) is -9.72. The Morgan fingerprint density at radius 1 is 0.444 bits per heavy atom. The smallest absolute Gasteiger partial charge is 2.00 e. The van der Waals surface area contributed by atoms with E-state index in [1.165, 1.54) is 0 Å². The summed E-state index contributed by atoms with van der Waals surface area (Å²) >= 11 is -25.8. The Hall–Kier alpha value is 4.41. The molecule has 0 aliphatic rings. The van der Waals surface area contributed by atoms with Gasteiger partial charge in [-0.05, 0) is 0 Å². The van der Waals surface area contributed by atoms with Crippen molar-refractivity contribution in [3.8, 4) is 0 Å². The molecule has 0 aliphatic carbocycles. The number of rotatable bonds is 0. The molecule has 0 saturated heterocycles. The summed E-state index contributed by atoms with van der Waals surface area (Å²) in [6, 6.07) is 0. The Balaban J connectivity index is -0.0000000201. The quantitative estimate of drug-likeness (QED) is 0.203. The maximum atomic E-state index is 8.62. The van der Waals surface area contributed by atoms with Crippen molar-refractivity contribution in [2.75, 3.05) is 0 Å². The Bertz CT molecular complexity index is 487. The zero-order valence-corrected chi connectivity index (χ0v) is 38.2. The molecule has 0 unspecified atom stereocenters. The summed E-state index contributed by atoms with van der Waals surface area (Å²) in [6.07, 6.45) is 0. The number of hydrogen-bond acceptors (Lipinski definition) is 18. The molecule has 27 heavy (non-hydrogen) atoms. The van der Waals surface area contributed by atoms with Crippen LogP contribution in [0.5, 0.6) is 0 Å². The molecule has 148 valence electrons. The summed E-state index contributed by atoms with van der Waals surface area (Å²) < 4.78 is 155. The molecule has 27 heteroatoms. The molecule has 0 bridgehead atoms. The first-order valence-electron chi connectivity index (χ1n) is 3.29. The largest absolute Gasteiger partial charge is 2.00 e. The van der Waals surface area contributed by atoms with Gasteiger partial charge in [-0.15, -0.1) is 0 Å². The van der Waals surface area contributed by atoms with Crippen LogP contribution >= 0.6 is 0 Å². The van der Waals surface area contributed by atoms with Gasteiger partial charge < -0.3 is 0 Å². The molecule has 0 rings (SSSR count). The van der Waals surface area contributed by atoms with Gasteiger partial charge in [0.05, 0.1) is 0 Å². The molecule has 0 aromatic rings. The molecular formula is MgNb2O18Pb2Ta4. The number of hydrogen-bond donors (Lipinski definition) is 0. The van der Waals surface area contributed by atoms with E-state index in [4.69, 9.17) is 60.7 Å². The second kappa shape index (κ2) is 52.4. The Kier molecular flexibility index (Phi) is 112. The van der Waals surface area contributed by atoms with Crippen LogP contribution in [0.25, 0.3) is 0 Å². The van der Waals surface area contributed by atoms with Gasteiger partial charge in [-0.25, -0.2) is 0 Å². The van der Waals surface area contributed by atoms with Crippen molar-refractivity contribution in [2.45, 2.75) is 0 Å². The topological polar surface area (TPSA) is 343 Å². The van der Waals surface area contributed by atoms with Gasteiger partial charge in [0, 0.05) is 0 Å². The summed E-state index contributed by atoms with van der Waals surface area (Å²) in [4.78, 5) is 0. The van der Waals surface area contributed by atoms with Gasteiger partial charge in [0.25, 0.3) is 0 Å². The molecule has 0 heterocycles. The second-order valence-electron chi connectivity index (χ2n) is 1.34. The van der Waals surface area contributed by atoms with Gasteiger partial charge in [0.2, 0.25) is 0 Å². The molecule has 4 radical (unpaired) electrons. The SMILES string of the molecule is [Mg+2].[O]=[Nb](=[O])[O-].[O]=[Nb](=[O])[O-].[O]=[Ta](=[O])[O-].[O]=[Ta](=[O])[O-].[O]=[Ta](=[O])[O-].[O]=[Ta](=[O])[O-].[Pb+2].[Pb+2].